The number of aldehydes is 1. The fraction of sp³-hybridized carbons (Fsp3) is 0.556. The van der Waals surface area contributed by atoms with Crippen molar-refractivity contribution in [3.63, 3.8) is 0 Å². The molecule has 2 aliphatic rings. The molecule has 2 unspecified atom stereocenters. The lowest BCUT2D eigenvalue weighted by molar-refractivity contribution is -0.115. The summed E-state index contributed by atoms with van der Waals surface area (Å²) in [7, 11) is -3.31. The number of carbonyl (C=O) groups excluding carboxylic acids is 1. The van der Waals surface area contributed by atoms with E-state index in [4.69, 9.17) is 4.74 Å². The van der Waals surface area contributed by atoms with Crippen LogP contribution in [0.5, 0.6) is 0 Å². The molecule has 0 amide bonds. The first kappa shape index (κ1) is 19.9. The summed E-state index contributed by atoms with van der Waals surface area (Å²) in [6.07, 6.45) is 3.73. The molecule has 1 aromatic rings. The number of hydroxylamine groups is 1. The maximum atomic E-state index is 11.8. The van der Waals surface area contributed by atoms with E-state index in [1.807, 2.05) is 0 Å². The molecule has 2 heterocycles. The molecule has 0 aliphatic carbocycles. The maximum Gasteiger partial charge on any atom is 0.175 e. The van der Waals surface area contributed by atoms with Gasteiger partial charge in [-0.1, -0.05) is 12.1 Å². The second-order valence-electron chi connectivity index (χ2n) is 7.32. The minimum Gasteiger partial charge on any atom is -0.381 e. The van der Waals surface area contributed by atoms with Crippen molar-refractivity contribution in [3.05, 3.63) is 29.8 Å². The molecule has 0 radical (unpaired) electrons. The highest BCUT2D eigenvalue weighted by molar-refractivity contribution is 7.90. The first-order valence-electron chi connectivity index (χ1n) is 8.90. The third kappa shape index (κ3) is 3.91. The Labute approximate surface area is 159 Å². The third-order valence-corrected chi connectivity index (χ3v) is 6.46. The van der Waals surface area contributed by atoms with Gasteiger partial charge in [0.1, 0.15) is 17.9 Å². The van der Waals surface area contributed by atoms with Crippen LogP contribution in [-0.4, -0.2) is 68.2 Å². The number of sulfone groups is 1. The van der Waals surface area contributed by atoms with E-state index in [2.05, 4.69) is 10.6 Å². The lowest BCUT2D eigenvalue weighted by atomic mass is 9.85. The molecule has 2 N–H and O–H groups in total. The third-order valence-electron chi connectivity index (χ3n) is 5.34. The molecule has 1 aromatic carbocycles. The molecular formula is C18H25N3O5S. The van der Waals surface area contributed by atoms with Gasteiger partial charge in [0, 0.05) is 26.0 Å². The van der Waals surface area contributed by atoms with Gasteiger partial charge in [-0.3, -0.25) is 5.01 Å². The van der Waals surface area contributed by atoms with Gasteiger partial charge in [-0.2, -0.15) is 10.6 Å². The zero-order valence-electron chi connectivity index (χ0n) is 15.5. The summed E-state index contributed by atoms with van der Waals surface area (Å²) >= 11 is 0. The lowest BCUT2D eigenvalue weighted by Gasteiger charge is -2.33. The van der Waals surface area contributed by atoms with Crippen molar-refractivity contribution in [1.29, 1.82) is 0 Å². The van der Waals surface area contributed by atoms with Gasteiger partial charge < -0.3 is 14.7 Å². The van der Waals surface area contributed by atoms with Crippen LogP contribution in [0.15, 0.2) is 34.3 Å². The van der Waals surface area contributed by atoms with E-state index in [-0.39, 0.29) is 4.90 Å². The summed E-state index contributed by atoms with van der Waals surface area (Å²) in [6.45, 7) is 3.70. The van der Waals surface area contributed by atoms with E-state index in [0.717, 1.165) is 25.4 Å². The summed E-state index contributed by atoms with van der Waals surface area (Å²) in [5.74, 6) is 0.361. The Kier molecular flexibility index (Phi) is 5.66. The lowest BCUT2D eigenvalue weighted by Crippen LogP contribution is -2.58. The molecule has 1 fully saturated rings. The minimum absolute atomic E-state index is 0.203. The predicted octanol–water partition coefficient (Wildman–Crippen LogP) is 0.841. The molecular weight excluding hydrogens is 370 g/mol. The van der Waals surface area contributed by atoms with Crippen molar-refractivity contribution < 1.29 is 23.2 Å². The molecule has 0 spiro atoms. The zero-order valence-corrected chi connectivity index (χ0v) is 16.3. The SMILES string of the molecule is CC1(NO)C(c2ccc(S(C)(=O)=O)cc2)=NN(CC2CCOCC2)C1C=O. The van der Waals surface area contributed by atoms with Crippen LogP contribution >= 0.6 is 0 Å². The van der Waals surface area contributed by atoms with Crippen molar-refractivity contribution in [1.82, 2.24) is 10.5 Å². The number of hydrogen-bond donors (Lipinski definition) is 2. The summed E-state index contributed by atoms with van der Waals surface area (Å²) in [5.41, 5.74) is 2.30. The number of nitrogens with zero attached hydrogens (tertiary/aromatic N) is 2. The van der Waals surface area contributed by atoms with Gasteiger partial charge in [0.15, 0.2) is 9.84 Å². The van der Waals surface area contributed by atoms with E-state index < -0.39 is 21.4 Å². The molecule has 1 saturated heterocycles. The fourth-order valence-corrected chi connectivity index (χ4v) is 4.25. The van der Waals surface area contributed by atoms with Crippen LogP contribution in [0.3, 0.4) is 0 Å². The first-order chi connectivity index (χ1) is 12.8. The number of nitrogens with one attached hydrogen (secondary N) is 1. The van der Waals surface area contributed by atoms with Crippen LogP contribution in [0.4, 0.5) is 0 Å². The van der Waals surface area contributed by atoms with Gasteiger partial charge in [0.25, 0.3) is 0 Å². The fourth-order valence-electron chi connectivity index (χ4n) is 3.62. The predicted molar refractivity (Wildman–Crippen MR) is 99.5 cm³/mol. The Hall–Kier alpha value is -1.81. The van der Waals surface area contributed by atoms with E-state index >= 15 is 0 Å². The van der Waals surface area contributed by atoms with Crippen LogP contribution in [0, 0.1) is 5.92 Å². The maximum absolute atomic E-state index is 11.8. The second-order valence-corrected chi connectivity index (χ2v) is 9.33. The number of ether oxygens (including phenoxy) is 1. The van der Waals surface area contributed by atoms with Crippen molar-refractivity contribution >= 4 is 21.8 Å². The van der Waals surface area contributed by atoms with Crippen molar-refractivity contribution in [2.75, 3.05) is 26.0 Å². The van der Waals surface area contributed by atoms with Crippen molar-refractivity contribution in [2.45, 2.75) is 36.2 Å². The molecule has 9 heteroatoms. The molecule has 148 valence electrons. The van der Waals surface area contributed by atoms with Crippen LogP contribution in [-0.2, 0) is 19.4 Å². The van der Waals surface area contributed by atoms with Crippen LogP contribution in [0.1, 0.15) is 25.3 Å². The topological polar surface area (TPSA) is 108 Å². The van der Waals surface area contributed by atoms with Gasteiger partial charge in [0.2, 0.25) is 0 Å². The summed E-state index contributed by atoms with van der Waals surface area (Å²) in [5, 5.41) is 16.2. The zero-order chi connectivity index (χ0) is 19.7. The smallest absolute Gasteiger partial charge is 0.175 e. The Morgan fingerprint density at radius 3 is 2.48 bits per heavy atom. The quantitative estimate of drug-likeness (QED) is 0.543. The first-order valence-corrected chi connectivity index (χ1v) is 10.8. The number of hydrogen-bond acceptors (Lipinski definition) is 8. The highest BCUT2D eigenvalue weighted by Gasteiger charge is 2.48. The summed E-state index contributed by atoms with van der Waals surface area (Å²) < 4.78 is 28.7. The van der Waals surface area contributed by atoms with Crippen molar-refractivity contribution in [2.24, 2.45) is 11.0 Å². The van der Waals surface area contributed by atoms with Gasteiger partial charge in [-0.05, 0) is 43.4 Å². The normalized spacial score (nSPS) is 26.9. The number of rotatable bonds is 6. The summed E-state index contributed by atoms with van der Waals surface area (Å²) in [6, 6.07) is 5.62. The van der Waals surface area contributed by atoms with Crippen LogP contribution < -0.4 is 5.48 Å². The van der Waals surface area contributed by atoms with Gasteiger partial charge >= 0.3 is 0 Å². The molecule has 2 aliphatic heterocycles. The molecule has 0 bridgehead atoms. The minimum atomic E-state index is -3.31. The Bertz CT molecular complexity index is 818. The average molecular weight is 395 g/mol. The van der Waals surface area contributed by atoms with Gasteiger partial charge in [-0.25, -0.2) is 8.42 Å². The molecule has 8 nitrogen and oxygen atoms in total. The average Bonchev–Trinajstić information content (AvgIpc) is 2.94. The van der Waals surface area contributed by atoms with Crippen LogP contribution in [0.2, 0.25) is 0 Å². The number of benzene rings is 1. The Morgan fingerprint density at radius 2 is 1.96 bits per heavy atom. The summed E-state index contributed by atoms with van der Waals surface area (Å²) in [4.78, 5) is 12.0. The molecule has 2 atom stereocenters. The second kappa shape index (κ2) is 7.67. The largest absolute Gasteiger partial charge is 0.381 e. The standard InChI is InChI=1S/C18H25N3O5S/c1-18(20-23)16(12-22)21(11-13-7-9-26-10-8-13)19-17(18)14-3-5-15(6-4-14)27(2,24)25/h3-6,12-13,16,20,23H,7-11H2,1-2H3. The van der Waals surface area contributed by atoms with E-state index in [0.29, 0.717) is 37.0 Å². The highest BCUT2D eigenvalue weighted by atomic mass is 32.2. The number of hydrazone groups is 1. The van der Waals surface area contributed by atoms with Gasteiger partial charge in [0.05, 0.1) is 10.6 Å². The Morgan fingerprint density at radius 1 is 1.33 bits per heavy atom. The monoisotopic (exact) mass is 395 g/mol. The highest BCUT2D eigenvalue weighted by Crippen LogP contribution is 2.31. The van der Waals surface area contributed by atoms with Gasteiger partial charge in [-0.15, -0.1) is 0 Å². The van der Waals surface area contributed by atoms with Crippen molar-refractivity contribution in [3.8, 4) is 0 Å². The van der Waals surface area contributed by atoms with E-state index in [1.165, 1.54) is 12.1 Å². The number of carbonyl (C=O) groups is 1. The molecule has 0 aromatic heterocycles. The Balaban J connectivity index is 1.92. The van der Waals surface area contributed by atoms with Crippen LogP contribution in [0.25, 0.3) is 0 Å². The molecule has 0 saturated carbocycles. The molecule has 27 heavy (non-hydrogen) atoms. The van der Waals surface area contributed by atoms with E-state index in [1.54, 1.807) is 24.1 Å². The molecule has 3 rings (SSSR count). The van der Waals surface area contributed by atoms with E-state index in [9.17, 15) is 18.4 Å².